The first-order chi connectivity index (χ1) is 7.99. The minimum atomic E-state index is -0.817. The third-order valence-electron chi connectivity index (χ3n) is 2.90. The Morgan fingerprint density at radius 3 is 2.53 bits per heavy atom. The van der Waals surface area contributed by atoms with Crippen LogP contribution in [0.25, 0.3) is 0 Å². The van der Waals surface area contributed by atoms with Crippen LogP contribution in [0, 0.1) is 11.8 Å². The molecule has 0 heterocycles. The van der Waals surface area contributed by atoms with Crippen LogP contribution in [0.15, 0.2) is 0 Å². The van der Waals surface area contributed by atoms with Gasteiger partial charge in [-0.15, -0.1) is 0 Å². The van der Waals surface area contributed by atoms with Crippen LogP contribution in [0.5, 0.6) is 0 Å². The molecule has 0 saturated carbocycles. The summed E-state index contributed by atoms with van der Waals surface area (Å²) in [5, 5.41) is 11.4. The fraction of sp³-hybridized carbons (Fsp3) is 0.833. The van der Waals surface area contributed by atoms with Crippen molar-refractivity contribution in [1.82, 2.24) is 5.32 Å². The molecule has 0 rings (SSSR count). The lowest BCUT2D eigenvalue weighted by molar-refractivity contribution is -0.138. The van der Waals surface area contributed by atoms with Gasteiger partial charge in [0.1, 0.15) is 0 Å². The fourth-order valence-corrected chi connectivity index (χ4v) is 1.45. The number of amides is 1. The third-order valence-corrected chi connectivity index (χ3v) is 2.90. The first-order valence-electron chi connectivity index (χ1n) is 6.18. The predicted molar refractivity (Wildman–Crippen MR) is 66.5 cm³/mol. The molecule has 0 aromatic rings. The number of nitrogens with two attached hydrogens (primary N) is 1. The molecule has 0 radical (unpaired) electrons. The van der Waals surface area contributed by atoms with Gasteiger partial charge >= 0.3 is 5.97 Å². The van der Waals surface area contributed by atoms with Crippen LogP contribution in [-0.4, -0.2) is 30.1 Å². The normalized spacial score (nSPS) is 14.1. The van der Waals surface area contributed by atoms with E-state index in [2.05, 4.69) is 5.32 Å². The van der Waals surface area contributed by atoms with Crippen molar-refractivity contribution in [3.63, 3.8) is 0 Å². The number of carboxylic acid groups (broad SMARTS) is 1. The maximum atomic E-state index is 11.5. The van der Waals surface area contributed by atoms with Gasteiger partial charge in [-0.25, -0.2) is 0 Å². The van der Waals surface area contributed by atoms with E-state index >= 15 is 0 Å². The highest BCUT2D eigenvalue weighted by Gasteiger charge is 2.12. The molecule has 2 unspecified atom stereocenters. The van der Waals surface area contributed by atoms with Crippen molar-refractivity contribution in [1.29, 1.82) is 0 Å². The van der Waals surface area contributed by atoms with Crippen LogP contribution in [0.2, 0.25) is 0 Å². The maximum absolute atomic E-state index is 11.5. The van der Waals surface area contributed by atoms with Gasteiger partial charge in [-0.3, -0.25) is 9.59 Å². The molecule has 100 valence electrons. The van der Waals surface area contributed by atoms with Gasteiger partial charge in [-0.05, 0) is 24.8 Å². The van der Waals surface area contributed by atoms with Gasteiger partial charge in [-0.1, -0.05) is 20.3 Å². The van der Waals surface area contributed by atoms with E-state index in [9.17, 15) is 9.59 Å². The monoisotopic (exact) mass is 244 g/mol. The van der Waals surface area contributed by atoms with E-state index in [1.54, 1.807) is 0 Å². The SMILES string of the molecule is CCC(CNC(=O)CCC(C)CN)CC(=O)O. The van der Waals surface area contributed by atoms with Gasteiger partial charge in [-0.2, -0.15) is 0 Å². The van der Waals surface area contributed by atoms with E-state index < -0.39 is 5.97 Å². The van der Waals surface area contributed by atoms with Crippen molar-refractivity contribution < 1.29 is 14.7 Å². The van der Waals surface area contributed by atoms with Crippen LogP contribution >= 0.6 is 0 Å². The number of hydrogen-bond acceptors (Lipinski definition) is 3. The Morgan fingerprint density at radius 2 is 2.06 bits per heavy atom. The molecule has 5 nitrogen and oxygen atoms in total. The molecule has 17 heavy (non-hydrogen) atoms. The summed E-state index contributed by atoms with van der Waals surface area (Å²) >= 11 is 0. The standard InChI is InChI=1S/C12H24N2O3/c1-3-10(6-12(16)17)8-14-11(15)5-4-9(2)7-13/h9-10H,3-8,13H2,1-2H3,(H,14,15)(H,16,17). The highest BCUT2D eigenvalue weighted by atomic mass is 16.4. The molecule has 0 aliphatic carbocycles. The summed E-state index contributed by atoms with van der Waals surface area (Å²) < 4.78 is 0. The Morgan fingerprint density at radius 1 is 1.41 bits per heavy atom. The quantitative estimate of drug-likeness (QED) is 0.563. The number of carbonyl (C=O) groups is 2. The van der Waals surface area contributed by atoms with Gasteiger partial charge in [0, 0.05) is 19.4 Å². The number of carbonyl (C=O) groups excluding carboxylic acids is 1. The minimum Gasteiger partial charge on any atom is -0.481 e. The van der Waals surface area contributed by atoms with Gasteiger partial charge in [0.25, 0.3) is 0 Å². The lowest BCUT2D eigenvalue weighted by Gasteiger charge is -2.14. The molecule has 0 aromatic carbocycles. The summed E-state index contributed by atoms with van der Waals surface area (Å²) in [6.45, 7) is 4.96. The highest BCUT2D eigenvalue weighted by molar-refractivity contribution is 5.76. The van der Waals surface area contributed by atoms with E-state index in [-0.39, 0.29) is 18.2 Å². The van der Waals surface area contributed by atoms with E-state index in [1.165, 1.54) is 0 Å². The molecule has 0 spiro atoms. The lowest BCUT2D eigenvalue weighted by atomic mass is 10.0. The van der Waals surface area contributed by atoms with E-state index in [1.807, 2.05) is 13.8 Å². The molecule has 4 N–H and O–H groups in total. The molecule has 0 aliphatic heterocycles. The van der Waals surface area contributed by atoms with E-state index in [4.69, 9.17) is 10.8 Å². The van der Waals surface area contributed by atoms with Gasteiger partial charge in [0.15, 0.2) is 0 Å². The summed E-state index contributed by atoms with van der Waals surface area (Å²) in [5.74, 6) is -0.470. The lowest BCUT2D eigenvalue weighted by Crippen LogP contribution is -2.30. The zero-order valence-electron chi connectivity index (χ0n) is 10.7. The first-order valence-corrected chi connectivity index (χ1v) is 6.18. The van der Waals surface area contributed by atoms with Gasteiger partial charge in [0.2, 0.25) is 5.91 Å². The van der Waals surface area contributed by atoms with Gasteiger partial charge < -0.3 is 16.2 Å². The van der Waals surface area contributed by atoms with Crippen molar-refractivity contribution in [2.45, 2.75) is 39.5 Å². The largest absolute Gasteiger partial charge is 0.481 e. The second-order valence-electron chi connectivity index (χ2n) is 4.56. The summed E-state index contributed by atoms with van der Waals surface area (Å²) in [4.78, 5) is 22.0. The summed E-state index contributed by atoms with van der Waals surface area (Å²) in [6, 6.07) is 0. The van der Waals surface area contributed by atoms with Crippen molar-refractivity contribution in [2.24, 2.45) is 17.6 Å². The Labute approximate surface area is 103 Å². The number of aliphatic carboxylic acids is 1. The summed E-state index contributed by atoms with van der Waals surface area (Å²) in [6.07, 6.45) is 2.10. The van der Waals surface area contributed by atoms with Gasteiger partial charge in [0.05, 0.1) is 0 Å². The highest BCUT2D eigenvalue weighted by Crippen LogP contribution is 2.07. The summed E-state index contributed by atoms with van der Waals surface area (Å²) in [7, 11) is 0. The van der Waals surface area contributed by atoms with Crippen LogP contribution in [0.4, 0.5) is 0 Å². The van der Waals surface area contributed by atoms with Crippen molar-refractivity contribution in [3.8, 4) is 0 Å². The number of nitrogens with one attached hydrogen (secondary N) is 1. The third kappa shape index (κ3) is 8.68. The average Bonchev–Trinajstić information content (AvgIpc) is 2.30. The molecule has 0 fully saturated rings. The average molecular weight is 244 g/mol. The zero-order chi connectivity index (χ0) is 13.3. The van der Waals surface area contributed by atoms with Crippen LogP contribution in [-0.2, 0) is 9.59 Å². The molecule has 0 bridgehead atoms. The molecular weight excluding hydrogens is 220 g/mol. The van der Waals surface area contributed by atoms with Crippen LogP contribution in [0.1, 0.15) is 39.5 Å². The smallest absolute Gasteiger partial charge is 0.303 e. The number of rotatable bonds is 9. The fourth-order valence-electron chi connectivity index (χ4n) is 1.45. The molecular formula is C12H24N2O3. The Balaban J connectivity index is 3.77. The Bertz CT molecular complexity index is 244. The molecule has 2 atom stereocenters. The Hall–Kier alpha value is -1.10. The van der Waals surface area contributed by atoms with Crippen molar-refractivity contribution >= 4 is 11.9 Å². The first kappa shape index (κ1) is 15.9. The van der Waals surface area contributed by atoms with E-state index in [0.29, 0.717) is 25.4 Å². The number of carboxylic acids is 1. The van der Waals surface area contributed by atoms with Crippen molar-refractivity contribution in [2.75, 3.05) is 13.1 Å². The molecule has 0 aliphatic rings. The van der Waals surface area contributed by atoms with Crippen LogP contribution < -0.4 is 11.1 Å². The van der Waals surface area contributed by atoms with Crippen LogP contribution in [0.3, 0.4) is 0 Å². The molecule has 5 heteroatoms. The zero-order valence-corrected chi connectivity index (χ0v) is 10.7. The molecule has 0 aromatic heterocycles. The summed E-state index contributed by atoms with van der Waals surface area (Å²) in [5.41, 5.74) is 5.46. The molecule has 0 saturated heterocycles. The predicted octanol–water partition coefficient (Wildman–Crippen LogP) is 0.979. The maximum Gasteiger partial charge on any atom is 0.303 e. The topological polar surface area (TPSA) is 92.4 Å². The van der Waals surface area contributed by atoms with E-state index in [0.717, 1.165) is 12.8 Å². The molecule has 1 amide bonds. The number of hydrogen-bond donors (Lipinski definition) is 3. The second-order valence-corrected chi connectivity index (χ2v) is 4.56. The minimum absolute atomic E-state index is 0.0170. The van der Waals surface area contributed by atoms with Crippen molar-refractivity contribution in [3.05, 3.63) is 0 Å². The Kier molecular flexibility index (Phi) is 8.40. The second kappa shape index (κ2) is 8.98.